The van der Waals surface area contributed by atoms with E-state index in [9.17, 15) is 9.18 Å². The Morgan fingerprint density at radius 2 is 1.92 bits per heavy atom. The van der Waals surface area contributed by atoms with Crippen molar-refractivity contribution in [3.63, 3.8) is 0 Å². The molecular weight excluding hydrogens is 309 g/mol. The van der Waals surface area contributed by atoms with E-state index in [2.05, 4.69) is 5.16 Å². The molecule has 1 amide bonds. The minimum atomic E-state index is -0.687. The highest BCUT2D eigenvalue weighted by Crippen LogP contribution is 2.24. The highest BCUT2D eigenvalue weighted by Gasteiger charge is 2.28. The minimum absolute atomic E-state index is 0.195. The van der Waals surface area contributed by atoms with E-state index in [0.29, 0.717) is 17.8 Å². The first kappa shape index (κ1) is 18.1. The molecule has 0 fully saturated rings. The van der Waals surface area contributed by atoms with Gasteiger partial charge in [0, 0.05) is 24.6 Å². The van der Waals surface area contributed by atoms with Gasteiger partial charge in [-0.1, -0.05) is 37.2 Å². The number of aromatic nitrogens is 1. The molecule has 6 heteroatoms. The van der Waals surface area contributed by atoms with Crippen LogP contribution in [0.2, 0.25) is 0 Å². The topological polar surface area (TPSA) is 49.6 Å². The summed E-state index contributed by atoms with van der Waals surface area (Å²) in [7, 11) is 5.20. The molecule has 0 spiro atoms. The summed E-state index contributed by atoms with van der Waals surface area (Å²) in [5, 5.41) is 4.00. The van der Waals surface area contributed by atoms with Crippen LogP contribution in [0.5, 0.6) is 0 Å². The number of amides is 1. The summed E-state index contributed by atoms with van der Waals surface area (Å²) in [5.41, 5.74) is 1.04. The predicted octanol–water partition coefficient (Wildman–Crippen LogP) is 3.20. The first-order valence-electron chi connectivity index (χ1n) is 7.92. The molecule has 0 aliphatic rings. The molecule has 1 atom stereocenters. The van der Waals surface area contributed by atoms with Crippen LogP contribution in [-0.2, 0) is 11.3 Å². The molecule has 2 aromatic rings. The minimum Gasteiger partial charge on any atom is -0.361 e. The van der Waals surface area contributed by atoms with Crippen LogP contribution in [0, 0.1) is 5.82 Å². The van der Waals surface area contributed by atoms with Crippen LogP contribution < -0.4 is 0 Å². The molecule has 0 N–H and O–H groups in total. The Balaban J connectivity index is 2.18. The first-order valence-corrected chi connectivity index (χ1v) is 7.92. The molecule has 0 unspecified atom stereocenters. The molecule has 0 saturated carbocycles. The fourth-order valence-corrected chi connectivity index (χ4v) is 2.53. The Kier molecular flexibility index (Phi) is 5.72. The van der Waals surface area contributed by atoms with Gasteiger partial charge in [0.05, 0.1) is 6.54 Å². The zero-order valence-corrected chi connectivity index (χ0v) is 14.8. The zero-order chi connectivity index (χ0) is 17.9. The zero-order valence-electron chi connectivity index (χ0n) is 14.8. The summed E-state index contributed by atoms with van der Waals surface area (Å²) in [6.07, 6.45) is 0. The summed E-state index contributed by atoms with van der Waals surface area (Å²) < 4.78 is 19.4. The number of benzene rings is 1. The predicted molar refractivity (Wildman–Crippen MR) is 89.9 cm³/mol. The number of hydrogen-bond donors (Lipinski definition) is 0. The first-order chi connectivity index (χ1) is 11.3. The van der Waals surface area contributed by atoms with E-state index in [1.807, 2.05) is 19.9 Å². The maximum Gasteiger partial charge on any atom is 0.244 e. The van der Waals surface area contributed by atoms with Crippen molar-refractivity contribution in [1.29, 1.82) is 0 Å². The number of rotatable bonds is 6. The lowest BCUT2D eigenvalue weighted by molar-refractivity contribution is -0.135. The lowest BCUT2D eigenvalue weighted by Gasteiger charge is -2.28. The standard InChI is InChI=1S/C18H24FN3O2/c1-12(2)16-10-13(20-24-16)11-22(5)18(23)17(21(3)4)14-8-6-7-9-15(14)19/h6-10,12,17H,11H2,1-5H3/t17-/m1/s1. The number of nitrogens with zero attached hydrogens (tertiary/aromatic N) is 3. The lowest BCUT2D eigenvalue weighted by Crippen LogP contribution is -2.38. The number of carbonyl (C=O) groups is 1. The smallest absolute Gasteiger partial charge is 0.244 e. The van der Waals surface area contributed by atoms with E-state index >= 15 is 0 Å². The lowest BCUT2D eigenvalue weighted by atomic mass is 10.0. The van der Waals surface area contributed by atoms with Crippen LogP contribution in [0.3, 0.4) is 0 Å². The van der Waals surface area contributed by atoms with Crippen LogP contribution in [0.4, 0.5) is 4.39 Å². The van der Waals surface area contributed by atoms with E-state index < -0.39 is 6.04 Å². The quantitative estimate of drug-likeness (QED) is 0.814. The number of halogens is 1. The van der Waals surface area contributed by atoms with Gasteiger partial charge in [0.25, 0.3) is 0 Å². The number of hydrogen-bond acceptors (Lipinski definition) is 4. The SMILES string of the molecule is CC(C)c1cc(CN(C)C(=O)[C@@H](c2ccccc2F)N(C)C)no1. The van der Waals surface area contributed by atoms with E-state index in [0.717, 1.165) is 5.76 Å². The van der Waals surface area contributed by atoms with E-state index in [4.69, 9.17) is 4.52 Å². The van der Waals surface area contributed by atoms with Gasteiger partial charge in [-0.25, -0.2) is 4.39 Å². The van der Waals surface area contributed by atoms with Crippen LogP contribution in [0.25, 0.3) is 0 Å². The van der Waals surface area contributed by atoms with Crippen molar-refractivity contribution in [2.24, 2.45) is 0 Å². The molecule has 2 rings (SSSR count). The van der Waals surface area contributed by atoms with Crippen LogP contribution >= 0.6 is 0 Å². The molecule has 0 radical (unpaired) electrons. The Bertz CT molecular complexity index is 697. The van der Waals surface area contributed by atoms with Crippen molar-refractivity contribution < 1.29 is 13.7 Å². The van der Waals surface area contributed by atoms with Gasteiger partial charge in [-0.05, 0) is 20.2 Å². The van der Waals surface area contributed by atoms with E-state index in [-0.39, 0.29) is 17.6 Å². The average Bonchev–Trinajstić information content (AvgIpc) is 2.97. The molecule has 0 bridgehead atoms. The summed E-state index contributed by atoms with van der Waals surface area (Å²) in [6.45, 7) is 4.34. The van der Waals surface area contributed by atoms with Gasteiger partial charge in [0.2, 0.25) is 5.91 Å². The monoisotopic (exact) mass is 333 g/mol. The van der Waals surface area contributed by atoms with Crippen LogP contribution in [0.15, 0.2) is 34.9 Å². The third-order valence-electron chi connectivity index (χ3n) is 3.87. The second-order valence-electron chi connectivity index (χ2n) is 6.46. The van der Waals surface area contributed by atoms with Crippen molar-refractivity contribution >= 4 is 5.91 Å². The third kappa shape index (κ3) is 4.00. The molecule has 0 aliphatic heterocycles. The molecule has 0 saturated heterocycles. The molecular formula is C18H24FN3O2. The highest BCUT2D eigenvalue weighted by atomic mass is 19.1. The molecule has 1 aromatic carbocycles. The average molecular weight is 333 g/mol. The van der Waals surface area contributed by atoms with Crippen molar-refractivity contribution in [2.45, 2.75) is 32.4 Å². The summed E-state index contributed by atoms with van der Waals surface area (Å²) in [4.78, 5) is 16.1. The normalized spacial score (nSPS) is 12.7. The van der Waals surface area contributed by atoms with Crippen molar-refractivity contribution in [1.82, 2.24) is 15.0 Å². The summed E-state index contributed by atoms with van der Waals surface area (Å²) >= 11 is 0. The Hall–Kier alpha value is -2.21. The van der Waals surface area contributed by atoms with Gasteiger partial charge in [-0.3, -0.25) is 9.69 Å². The molecule has 1 heterocycles. The molecule has 5 nitrogen and oxygen atoms in total. The van der Waals surface area contributed by atoms with Gasteiger partial charge in [-0.15, -0.1) is 0 Å². The van der Waals surface area contributed by atoms with Crippen molar-refractivity contribution in [3.8, 4) is 0 Å². The fraction of sp³-hybridized carbons (Fsp3) is 0.444. The highest BCUT2D eigenvalue weighted by molar-refractivity contribution is 5.83. The Morgan fingerprint density at radius 3 is 2.46 bits per heavy atom. The van der Waals surface area contributed by atoms with Gasteiger partial charge in [0.1, 0.15) is 23.3 Å². The van der Waals surface area contributed by atoms with Crippen molar-refractivity contribution in [3.05, 3.63) is 53.2 Å². The van der Waals surface area contributed by atoms with Gasteiger partial charge in [-0.2, -0.15) is 0 Å². The second kappa shape index (κ2) is 7.57. The molecule has 24 heavy (non-hydrogen) atoms. The maximum absolute atomic E-state index is 14.1. The van der Waals surface area contributed by atoms with Crippen molar-refractivity contribution in [2.75, 3.05) is 21.1 Å². The third-order valence-corrected chi connectivity index (χ3v) is 3.87. The fourth-order valence-electron chi connectivity index (χ4n) is 2.53. The molecule has 0 aliphatic carbocycles. The Labute approximate surface area is 142 Å². The number of likely N-dealkylation sites (N-methyl/N-ethyl adjacent to an activating group) is 2. The van der Waals surface area contributed by atoms with E-state index in [1.54, 1.807) is 49.1 Å². The summed E-state index contributed by atoms with van der Waals surface area (Å²) in [6, 6.07) is 7.51. The van der Waals surface area contributed by atoms with Crippen LogP contribution in [-0.4, -0.2) is 42.0 Å². The molecule has 1 aromatic heterocycles. The molecule has 130 valence electrons. The maximum atomic E-state index is 14.1. The van der Waals surface area contributed by atoms with E-state index in [1.165, 1.54) is 6.07 Å². The van der Waals surface area contributed by atoms with Gasteiger partial charge in [0.15, 0.2) is 0 Å². The second-order valence-corrected chi connectivity index (χ2v) is 6.46. The summed E-state index contributed by atoms with van der Waals surface area (Å²) in [5.74, 6) is 0.435. The Morgan fingerprint density at radius 1 is 1.25 bits per heavy atom. The number of carbonyl (C=O) groups excluding carboxylic acids is 1. The van der Waals surface area contributed by atoms with Gasteiger partial charge < -0.3 is 9.42 Å². The largest absolute Gasteiger partial charge is 0.361 e. The van der Waals surface area contributed by atoms with Crippen LogP contribution in [0.1, 0.15) is 42.8 Å². The van der Waals surface area contributed by atoms with Gasteiger partial charge >= 0.3 is 0 Å².